The third-order valence-electron chi connectivity index (χ3n) is 2.63. The quantitative estimate of drug-likeness (QED) is 0.559. The minimum absolute atomic E-state index is 0.0352. The van der Waals surface area contributed by atoms with E-state index in [-0.39, 0.29) is 12.4 Å². The second kappa shape index (κ2) is 6.99. The molecule has 3 N–H and O–H groups in total. The number of rotatable bonds is 6. The van der Waals surface area contributed by atoms with Gasteiger partial charge in [0.25, 0.3) is 0 Å². The Morgan fingerprint density at radius 2 is 1.90 bits per heavy atom. The molecule has 0 aromatic heterocycles. The molecule has 0 aliphatic rings. The highest BCUT2D eigenvalue weighted by atomic mass is 127. The van der Waals surface area contributed by atoms with Crippen molar-refractivity contribution in [2.75, 3.05) is 22.8 Å². The number of hydrogen-bond acceptors (Lipinski definition) is 4. The van der Waals surface area contributed by atoms with Crippen LogP contribution in [-0.4, -0.2) is 20.8 Å². The number of hydrogen-bond donors (Lipinski definition) is 2. The summed E-state index contributed by atoms with van der Waals surface area (Å²) >= 11 is 2.12. The topological polar surface area (TPSA) is 81.4 Å². The minimum atomic E-state index is -3.45. The molecule has 7 heteroatoms. The van der Waals surface area contributed by atoms with Gasteiger partial charge in [-0.25, -0.2) is 8.42 Å². The Kier molecular flexibility index (Phi) is 5.29. The zero-order chi connectivity index (χ0) is 15.3. The molecule has 0 unspecified atom stereocenters. The first-order valence-electron chi connectivity index (χ1n) is 6.20. The van der Waals surface area contributed by atoms with Gasteiger partial charge < -0.3 is 10.5 Å². The Hall–Kier alpha value is -1.48. The average molecular weight is 418 g/mol. The number of halogens is 1. The highest BCUT2D eigenvalue weighted by molar-refractivity contribution is 14.1. The van der Waals surface area contributed by atoms with Gasteiger partial charge in [-0.05, 0) is 52.9 Å². The Balaban J connectivity index is 1.91. The first kappa shape index (κ1) is 15.9. The van der Waals surface area contributed by atoms with Gasteiger partial charge in [-0.3, -0.25) is 4.72 Å². The molecule has 0 bridgehead atoms. The molecular formula is C14H15IN2O3S. The Morgan fingerprint density at radius 3 is 2.62 bits per heavy atom. The first-order chi connectivity index (χ1) is 9.96. The molecule has 0 aliphatic carbocycles. The normalized spacial score (nSPS) is 11.1. The summed E-state index contributed by atoms with van der Waals surface area (Å²) < 4.78 is 32.8. The maximum Gasteiger partial charge on any atom is 0.236 e. The largest absolute Gasteiger partial charge is 0.490 e. The van der Waals surface area contributed by atoms with Crippen LogP contribution in [0.1, 0.15) is 0 Å². The summed E-state index contributed by atoms with van der Waals surface area (Å²) in [4.78, 5) is 0. The number of nitrogen functional groups attached to an aromatic ring is 1. The van der Waals surface area contributed by atoms with E-state index in [9.17, 15) is 8.42 Å². The zero-order valence-electron chi connectivity index (χ0n) is 11.1. The third-order valence-corrected chi connectivity index (χ3v) is 4.55. The number of benzene rings is 2. The SMILES string of the molecule is Nc1ccccc1OCCS(=O)(=O)Nc1cccc(I)c1. The molecule has 5 nitrogen and oxygen atoms in total. The van der Waals surface area contributed by atoms with E-state index in [1.807, 2.05) is 6.07 Å². The van der Waals surface area contributed by atoms with E-state index < -0.39 is 10.0 Å². The van der Waals surface area contributed by atoms with Crippen molar-refractivity contribution in [1.29, 1.82) is 0 Å². The van der Waals surface area contributed by atoms with Gasteiger partial charge in [0.2, 0.25) is 10.0 Å². The highest BCUT2D eigenvalue weighted by Crippen LogP contribution is 2.19. The van der Waals surface area contributed by atoms with Crippen molar-refractivity contribution in [2.24, 2.45) is 0 Å². The standard InChI is InChI=1S/C14H15IN2O3S/c15-11-4-3-5-12(10-11)17-21(18,19)9-8-20-14-7-2-1-6-13(14)16/h1-7,10,17H,8-9,16H2. The van der Waals surface area contributed by atoms with Gasteiger partial charge >= 0.3 is 0 Å². The number of nitrogens with two attached hydrogens (primary N) is 1. The molecule has 0 atom stereocenters. The fraction of sp³-hybridized carbons (Fsp3) is 0.143. The van der Waals surface area contributed by atoms with Crippen molar-refractivity contribution in [3.05, 3.63) is 52.1 Å². The van der Waals surface area contributed by atoms with Gasteiger partial charge in [-0.15, -0.1) is 0 Å². The van der Waals surface area contributed by atoms with Crippen LogP contribution in [0, 0.1) is 3.57 Å². The Morgan fingerprint density at radius 1 is 1.14 bits per heavy atom. The fourth-order valence-corrected chi connectivity index (χ4v) is 3.09. The van der Waals surface area contributed by atoms with Crippen molar-refractivity contribution in [1.82, 2.24) is 0 Å². The van der Waals surface area contributed by atoms with Crippen LogP contribution in [0.25, 0.3) is 0 Å². The number of para-hydroxylation sites is 2. The average Bonchev–Trinajstić information content (AvgIpc) is 2.40. The molecule has 112 valence electrons. The summed E-state index contributed by atoms with van der Waals surface area (Å²) in [6, 6.07) is 14.1. The molecule has 0 aliphatic heterocycles. The Bertz CT molecular complexity index is 720. The molecule has 21 heavy (non-hydrogen) atoms. The van der Waals surface area contributed by atoms with E-state index in [2.05, 4.69) is 27.3 Å². The van der Waals surface area contributed by atoms with E-state index in [0.717, 1.165) is 3.57 Å². The summed E-state index contributed by atoms with van der Waals surface area (Å²) in [6.45, 7) is 0.0352. The van der Waals surface area contributed by atoms with Crippen molar-refractivity contribution in [2.45, 2.75) is 0 Å². The summed E-state index contributed by atoms with van der Waals surface area (Å²) in [7, 11) is -3.45. The molecule has 0 heterocycles. The van der Waals surface area contributed by atoms with Crippen LogP contribution in [0.5, 0.6) is 5.75 Å². The predicted octanol–water partition coefficient (Wildman–Crippen LogP) is 2.69. The van der Waals surface area contributed by atoms with Crippen molar-refractivity contribution in [3.8, 4) is 5.75 Å². The van der Waals surface area contributed by atoms with E-state index in [1.165, 1.54) is 0 Å². The third kappa shape index (κ3) is 5.09. The second-order valence-electron chi connectivity index (χ2n) is 4.32. The van der Waals surface area contributed by atoms with Gasteiger partial charge in [0.1, 0.15) is 18.1 Å². The first-order valence-corrected chi connectivity index (χ1v) is 8.93. The van der Waals surface area contributed by atoms with Gasteiger partial charge in [-0.1, -0.05) is 18.2 Å². The van der Waals surface area contributed by atoms with E-state index in [4.69, 9.17) is 10.5 Å². The van der Waals surface area contributed by atoms with E-state index in [0.29, 0.717) is 17.1 Å². The number of sulfonamides is 1. The minimum Gasteiger partial charge on any atom is -0.490 e. The molecule has 0 saturated heterocycles. The van der Waals surface area contributed by atoms with E-state index >= 15 is 0 Å². The lowest BCUT2D eigenvalue weighted by atomic mass is 10.3. The van der Waals surface area contributed by atoms with Gasteiger partial charge in [0.15, 0.2) is 0 Å². The van der Waals surface area contributed by atoms with E-state index in [1.54, 1.807) is 42.5 Å². The summed E-state index contributed by atoms with van der Waals surface area (Å²) in [5, 5.41) is 0. The monoisotopic (exact) mass is 418 g/mol. The van der Waals surface area contributed by atoms with Crippen molar-refractivity contribution in [3.63, 3.8) is 0 Å². The van der Waals surface area contributed by atoms with Crippen LogP contribution in [0.3, 0.4) is 0 Å². The lowest BCUT2D eigenvalue weighted by Crippen LogP contribution is -2.21. The lowest BCUT2D eigenvalue weighted by molar-refractivity contribution is 0.343. The smallest absolute Gasteiger partial charge is 0.236 e. The van der Waals surface area contributed by atoms with Crippen LogP contribution in [0.2, 0.25) is 0 Å². The molecule has 2 rings (SSSR count). The second-order valence-corrected chi connectivity index (χ2v) is 7.41. The summed E-state index contributed by atoms with van der Waals surface area (Å²) in [5.41, 5.74) is 6.75. The van der Waals surface area contributed by atoms with Gasteiger partial charge in [0, 0.05) is 9.26 Å². The fourth-order valence-electron chi connectivity index (χ4n) is 1.66. The zero-order valence-corrected chi connectivity index (χ0v) is 14.1. The van der Waals surface area contributed by atoms with Gasteiger partial charge in [-0.2, -0.15) is 0 Å². The van der Waals surface area contributed by atoms with Crippen LogP contribution < -0.4 is 15.2 Å². The molecule has 0 fully saturated rings. The molecule has 0 radical (unpaired) electrons. The number of anilines is 2. The molecule has 0 amide bonds. The lowest BCUT2D eigenvalue weighted by Gasteiger charge is -2.10. The van der Waals surface area contributed by atoms with Crippen LogP contribution >= 0.6 is 22.6 Å². The summed E-state index contributed by atoms with van der Waals surface area (Å²) in [5.74, 6) is 0.342. The Labute approximate surface area is 137 Å². The molecule has 2 aromatic rings. The molecular weight excluding hydrogens is 403 g/mol. The molecule has 2 aromatic carbocycles. The van der Waals surface area contributed by atoms with Gasteiger partial charge in [0.05, 0.1) is 5.69 Å². The summed E-state index contributed by atoms with van der Waals surface area (Å²) in [6.07, 6.45) is 0. The predicted molar refractivity (Wildman–Crippen MR) is 92.9 cm³/mol. The number of nitrogens with one attached hydrogen (secondary N) is 1. The molecule has 0 spiro atoms. The molecule has 0 saturated carbocycles. The van der Waals surface area contributed by atoms with Crippen LogP contribution in [-0.2, 0) is 10.0 Å². The maximum atomic E-state index is 12.0. The maximum absolute atomic E-state index is 12.0. The highest BCUT2D eigenvalue weighted by Gasteiger charge is 2.11. The van der Waals surface area contributed by atoms with Crippen molar-refractivity contribution < 1.29 is 13.2 Å². The number of ether oxygens (including phenoxy) is 1. The van der Waals surface area contributed by atoms with Crippen LogP contribution in [0.15, 0.2) is 48.5 Å². The van der Waals surface area contributed by atoms with Crippen molar-refractivity contribution >= 4 is 44.0 Å². The van der Waals surface area contributed by atoms with Crippen LogP contribution in [0.4, 0.5) is 11.4 Å².